The SMILES string of the molecule is CNc1ncc(-c2nc3cc(N4CC(OCCC#N)C4)ccc3o2)c2cc(NC(=O)C3CC3)ncc12. The number of aromatic nitrogens is 3. The number of nitrogens with one attached hydrogen (secondary N) is 2. The third-order valence-corrected chi connectivity index (χ3v) is 6.59. The van der Waals surface area contributed by atoms with Crippen LogP contribution in [-0.2, 0) is 9.53 Å². The average Bonchev–Trinajstić information content (AvgIpc) is 3.64. The zero-order valence-corrected chi connectivity index (χ0v) is 19.8. The number of carbonyl (C=O) groups excluding carboxylic acids is 1. The Labute approximate surface area is 207 Å². The molecular formula is C26H25N7O3. The van der Waals surface area contributed by atoms with E-state index in [0.29, 0.717) is 36.1 Å². The van der Waals surface area contributed by atoms with Crippen molar-refractivity contribution in [2.24, 2.45) is 5.92 Å². The molecule has 3 aromatic heterocycles. The normalized spacial score (nSPS) is 15.6. The molecular weight excluding hydrogens is 458 g/mol. The van der Waals surface area contributed by atoms with Gasteiger partial charge in [0.05, 0.1) is 30.8 Å². The Morgan fingerprint density at radius 1 is 1.22 bits per heavy atom. The van der Waals surface area contributed by atoms with Crippen LogP contribution in [0.25, 0.3) is 33.3 Å². The molecule has 0 atom stereocenters. The number of amides is 1. The van der Waals surface area contributed by atoms with Crippen LogP contribution in [0.1, 0.15) is 19.3 Å². The summed E-state index contributed by atoms with van der Waals surface area (Å²) in [7, 11) is 1.81. The molecule has 1 aromatic carbocycles. The van der Waals surface area contributed by atoms with E-state index in [1.807, 2.05) is 24.3 Å². The van der Waals surface area contributed by atoms with Crippen molar-refractivity contribution in [3.05, 3.63) is 36.7 Å². The zero-order valence-electron chi connectivity index (χ0n) is 19.8. The number of hydrogen-bond donors (Lipinski definition) is 2. The Kier molecular flexibility index (Phi) is 5.62. The molecule has 2 fully saturated rings. The fraction of sp³-hybridized carbons (Fsp3) is 0.346. The van der Waals surface area contributed by atoms with Gasteiger partial charge in [-0.3, -0.25) is 4.79 Å². The number of fused-ring (bicyclic) bond motifs is 2. The van der Waals surface area contributed by atoms with Gasteiger partial charge in [0.15, 0.2) is 5.58 Å². The first-order chi connectivity index (χ1) is 17.6. The number of anilines is 3. The second-order valence-corrected chi connectivity index (χ2v) is 9.13. The van der Waals surface area contributed by atoms with Gasteiger partial charge in [0, 0.05) is 54.9 Å². The first-order valence-corrected chi connectivity index (χ1v) is 12.0. The summed E-state index contributed by atoms with van der Waals surface area (Å²) in [5.74, 6) is 1.73. The summed E-state index contributed by atoms with van der Waals surface area (Å²) in [5.41, 5.74) is 3.20. The van der Waals surface area contributed by atoms with Crippen molar-refractivity contribution in [2.45, 2.75) is 25.4 Å². The predicted molar refractivity (Wildman–Crippen MR) is 136 cm³/mol. The molecule has 10 heteroatoms. The van der Waals surface area contributed by atoms with Crippen LogP contribution in [0, 0.1) is 17.2 Å². The fourth-order valence-corrected chi connectivity index (χ4v) is 4.40. The summed E-state index contributed by atoms with van der Waals surface area (Å²) in [5, 5.41) is 16.3. The zero-order chi connectivity index (χ0) is 24.6. The lowest BCUT2D eigenvalue weighted by Crippen LogP contribution is -2.52. The highest BCUT2D eigenvalue weighted by Gasteiger charge is 2.30. The smallest absolute Gasteiger partial charge is 0.229 e. The Hall–Kier alpha value is -4.23. The second kappa shape index (κ2) is 9.09. The largest absolute Gasteiger partial charge is 0.436 e. The molecule has 36 heavy (non-hydrogen) atoms. The van der Waals surface area contributed by atoms with Gasteiger partial charge in [-0.15, -0.1) is 0 Å². The fourth-order valence-electron chi connectivity index (χ4n) is 4.40. The van der Waals surface area contributed by atoms with Crippen molar-refractivity contribution in [1.29, 1.82) is 5.26 Å². The van der Waals surface area contributed by atoms with E-state index in [9.17, 15) is 4.79 Å². The van der Waals surface area contributed by atoms with Crippen LogP contribution in [0.15, 0.2) is 41.1 Å². The maximum Gasteiger partial charge on any atom is 0.229 e. The van der Waals surface area contributed by atoms with Gasteiger partial charge in [0.1, 0.15) is 17.2 Å². The number of ether oxygens (including phenoxy) is 1. The minimum Gasteiger partial charge on any atom is -0.436 e. The monoisotopic (exact) mass is 483 g/mol. The number of rotatable bonds is 8. The predicted octanol–water partition coefficient (Wildman–Crippen LogP) is 3.95. The first kappa shape index (κ1) is 22.2. The standard InChI is InChI=1S/C26H25N7O3/c1-28-24-19-11-29-23(32-25(34)15-3-4-15)10-18(19)20(12-30-24)26-31-21-9-16(5-6-22(21)36-26)33-13-17(14-33)35-8-2-7-27/h5-6,9-12,15,17H,2-4,8,13-14H2,1H3,(H,28,30)(H,29,32,34). The summed E-state index contributed by atoms with van der Waals surface area (Å²) < 4.78 is 11.8. The molecule has 4 aromatic rings. The van der Waals surface area contributed by atoms with Gasteiger partial charge in [-0.1, -0.05) is 0 Å². The van der Waals surface area contributed by atoms with Crippen LogP contribution in [0.3, 0.4) is 0 Å². The van der Waals surface area contributed by atoms with Crippen LogP contribution < -0.4 is 15.5 Å². The molecule has 2 N–H and O–H groups in total. The molecule has 1 aliphatic heterocycles. The Bertz CT molecular complexity index is 1500. The molecule has 1 saturated heterocycles. The van der Waals surface area contributed by atoms with Crippen molar-refractivity contribution in [1.82, 2.24) is 15.0 Å². The number of nitriles is 1. The van der Waals surface area contributed by atoms with E-state index in [0.717, 1.165) is 53.5 Å². The van der Waals surface area contributed by atoms with Crippen molar-refractivity contribution in [3.8, 4) is 17.5 Å². The van der Waals surface area contributed by atoms with E-state index < -0.39 is 0 Å². The molecule has 4 heterocycles. The molecule has 0 radical (unpaired) electrons. The average molecular weight is 484 g/mol. The molecule has 6 rings (SSSR count). The van der Waals surface area contributed by atoms with Crippen LogP contribution in [0.5, 0.6) is 0 Å². The molecule has 1 aliphatic carbocycles. The minimum atomic E-state index is 0.00406. The van der Waals surface area contributed by atoms with Crippen molar-refractivity contribution in [2.75, 3.05) is 42.3 Å². The maximum absolute atomic E-state index is 12.3. The van der Waals surface area contributed by atoms with Crippen molar-refractivity contribution in [3.63, 3.8) is 0 Å². The van der Waals surface area contributed by atoms with Crippen LogP contribution in [0.2, 0.25) is 0 Å². The van der Waals surface area contributed by atoms with Crippen molar-refractivity contribution < 1.29 is 13.9 Å². The van der Waals surface area contributed by atoms with Crippen LogP contribution >= 0.6 is 0 Å². The van der Waals surface area contributed by atoms with E-state index in [4.69, 9.17) is 19.4 Å². The lowest BCUT2D eigenvalue weighted by atomic mass is 10.1. The number of hydrogen-bond acceptors (Lipinski definition) is 9. The van der Waals surface area contributed by atoms with E-state index in [1.54, 1.807) is 19.4 Å². The number of carbonyl (C=O) groups is 1. The van der Waals surface area contributed by atoms with E-state index >= 15 is 0 Å². The molecule has 2 aliphatic rings. The van der Waals surface area contributed by atoms with Gasteiger partial charge >= 0.3 is 0 Å². The molecule has 0 spiro atoms. The van der Waals surface area contributed by atoms with Gasteiger partial charge in [-0.2, -0.15) is 5.26 Å². The van der Waals surface area contributed by atoms with Crippen LogP contribution in [0.4, 0.5) is 17.3 Å². The highest BCUT2D eigenvalue weighted by molar-refractivity contribution is 6.03. The number of oxazole rings is 1. The quantitative estimate of drug-likeness (QED) is 0.358. The molecule has 10 nitrogen and oxygen atoms in total. The highest BCUT2D eigenvalue weighted by atomic mass is 16.5. The number of benzene rings is 1. The Morgan fingerprint density at radius 2 is 2.08 bits per heavy atom. The third-order valence-electron chi connectivity index (χ3n) is 6.59. The molecule has 1 saturated carbocycles. The molecule has 182 valence electrons. The molecule has 0 bridgehead atoms. The summed E-state index contributed by atoms with van der Waals surface area (Å²) in [6, 6.07) is 9.89. The van der Waals surface area contributed by atoms with E-state index in [1.165, 1.54) is 0 Å². The van der Waals surface area contributed by atoms with Gasteiger partial charge in [0.25, 0.3) is 0 Å². The summed E-state index contributed by atoms with van der Waals surface area (Å²) in [4.78, 5) is 28.2. The maximum atomic E-state index is 12.3. The van der Waals surface area contributed by atoms with Crippen molar-refractivity contribution >= 4 is 45.1 Å². The first-order valence-electron chi connectivity index (χ1n) is 12.0. The van der Waals surface area contributed by atoms with Gasteiger partial charge in [-0.05, 0) is 37.1 Å². The van der Waals surface area contributed by atoms with Gasteiger partial charge < -0.3 is 24.7 Å². The number of pyridine rings is 2. The third kappa shape index (κ3) is 4.18. The molecule has 1 amide bonds. The topological polar surface area (TPSA) is 129 Å². The summed E-state index contributed by atoms with van der Waals surface area (Å²) in [6.45, 7) is 2.03. The second-order valence-electron chi connectivity index (χ2n) is 9.13. The lowest BCUT2D eigenvalue weighted by Gasteiger charge is -2.40. The van der Waals surface area contributed by atoms with Gasteiger partial charge in [-0.25, -0.2) is 15.0 Å². The minimum absolute atomic E-state index is 0.00406. The Balaban J connectivity index is 1.29. The highest BCUT2D eigenvalue weighted by Crippen LogP contribution is 2.36. The summed E-state index contributed by atoms with van der Waals surface area (Å²) >= 11 is 0. The molecule has 0 unspecified atom stereocenters. The number of nitrogens with zero attached hydrogens (tertiary/aromatic N) is 5. The summed E-state index contributed by atoms with van der Waals surface area (Å²) in [6.07, 6.45) is 5.84. The Morgan fingerprint density at radius 3 is 2.86 bits per heavy atom. The van der Waals surface area contributed by atoms with E-state index in [2.05, 4.69) is 31.6 Å². The lowest BCUT2D eigenvalue weighted by molar-refractivity contribution is -0.117. The van der Waals surface area contributed by atoms with Crippen LogP contribution in [-0.4, -0.2) is 53.7 Å². The van der Waals surface area contributed by atoms with E-state index in [-0.39, 0.29) is 17.9 Å². The van der Waals surface area contributed by atoms with Gasteiger partial charge in [0.2, 0.25) is 11.8 Å².